The second kappa shape index (κ2) is 6.57. The third-order valence-electron chi connectivity index (χ3n) is 2.21. The van der Waals surface area contributed by atoms with Gasteiger partial charge >= 0.3 is 0 Å². The molecule has 0 radical (unpaired) electrons. The minimum Gasteiger partial charge on any atom is -0.414 e. The summed E-state index contributed by atoms with van der Waals surface area (Å²) < 4.78 is 29.5. The van der Waals surface area contributed by atoms with Crippen LogP contribution in [0.25, 0.3) is 0 Å². The number of nitrogens with one attached hydrogen (secondary N) is 1. The Hall–Kier alpha value is -1.09. The predicted octanol–water partition coefficient (Wildman–Crippen LogP) is 2.06. The molecule has 1 N–H and O–H groups in total. The molecule has 0 bridgehead atoms. The summed E-state index contributed by atoms with van der Waals surface area (Å²) in [7, 11) is -3.27. The average molecular weight is 334 g/mol. The SMILES string of the molecule is CS(=O)(=O)NCc1nnc(SCc2ccc(Cl)cc2)o1. The van der Waals surface area contributed by atoms with Gasteiger partial charge in [0.25, 0.3) is 5.22 Å². The first-order valence-corrected chi connectivity index (χ1v) is 8.82. The van der Waals surface area contributed by atoms with Gasteiger partial charge in [-0.15, -0.1) is 10.2 Å². The van der Waals surface area contributed by atoms with Gasteiger partial charge in [-0.05, 0) is 17.7 Å². The van der Waals surface area contributed by atoms with Crippen LogP contribution in [0.5, 0.6) is 0 Å². The second-order valence-corrected chi connectivity index (χ2v) is 7.17. The van der Waals surface area contributed by atoms with E-state index in [0.717, 1.165) is 11.8 Å². The van der Waals surface area contributed by atoms with Crippen LogP contribution in [0.1, 0.15) is 11.5 Å². The highest BCUT2D eigenvalue weighted by Crippen LogP contribution is 2.22. The van der Waals surface area contributed by atoms with E-state index in [9.17, 15) is 8.42 Å². The van der Waals surface area contributed by atoms with Gasteiger partial charge in [-0.1, -0.05) is 35.5 Å². The van der Waals surface area contributed by atoms with E-state index in [1.165, 1.54) is 11.8 Å². The van der Waals surface area contributed by atoms with Crippen molar-refractivity contribution >= 4 is 33.4 Å². The summed E-state index contributed by atoms with van der Waals surface area (Å²) in [6, 6.07) is 7.45. The molecule has 0 aliphatic rings. The molecule has 20 heavy (non-hydrogen) atoms. The number of thioether (sulfide) groups is 1. The van der Waals surface area contributed by atoms with E-state index in [2.05, 4.69) is 14.9 Å². The van der Waals surface area contributed by atoms with Crippen LogP contribution in [0.2, 0.25) is 5.02 Å². The summed E-state index contributed by atoms with van der Waals surface area (Å²) in [5, 5.41) is 8.67. The number of sulfonamides is 1. The molecule has 1 aromatic carbocycles. The van der Waals surface area contributed by atoms with Crippen molar-refractivity contribution in [2.24, 2.45) is 0 Å². The van der Waals surface area contributed by atoms with Crippen LogP contribution in [-0.2, 0) is 22.3 Å². The molecule has 0 unspecified atom stereocenters. The largest absolute Gasteiger partial charge is 0.414 e. The molecule has 0 spiro atoms. The number of nitrogens with zero attached hydrogens (tertiary/aromatic N) is 2. The quantitative estimate of drug-likeness (QED) is 0.814. The minimum atomic E-state index is -3.27. The molecule has 0 saturated carbocycles. The molecule has 0 amide bonds. The second-order valence-electron chi connectivity index (χ2n) is 3.97. The number of halogens is 1. The summed E-state index contributed by atoms with van der Waals surface area (Å²) >= 11 is 7.17. The maximum absolute atomic E-state index is 10.9. The zero-order valence-electron chi connectivity index (χ0n) is 10.5. The fourth-order valence-electron chi connectivity index (χ4n) is 1.29. The van der Waals surface area contributed by atoms with Crippen LogP contribution >= 0.6 is 23.4 Å². The van der Waals surface area contributed by atoms with Crippen LogP contribution in [0.4, 0.5) is 0 Å². The van der Waals surface area contributed by atoms with E-state index in [-0.39, 0.29) is 12.4 Å². The summed E-state index contributed by atoms with van der Waals surface area (Å²) in [6.45, 7) is -0.00661. The molecule has 0 aliphatic carbocycles. The molecule has 0 aliphatic heterocycles. The first-order valence-electron chi connectivity index (χ1n) is 5.56. The lowest BCUT2D eigenvalue weighted by molar-refractivity contribution is 0.409. The predicted molar refractivity (Wildman–Crippen MR) is 77.0 cm³/mol. The Bertz CT molecular complexity index is 670. The average Bonchev–Trinajstić information content (AvgIpc) is 2.83. The van der Waals surface area contributed by atoms with Crippen molar-refractivity contribution in [1.29, 1.82) is 0 Å². The van der Waals surface area contributed by atoms with Crippen molar-refractivity contribution in [3.8, 4) is 0 Å². The van der Waals surface area contributed by atoms with Crippen LogP contribution in [-0.4, -0.2) is 24.9 Å². The molecule has 9 heteroatoms. The van der Waals surface area contributed by atoms with Crippen molar-refractivity contribution in [1.82, 2.24) is 14.9 Å². The summed E-state index contributed by atoms with van der Waals surface area (Å²) in [5.74, 6) is 0.896. The smallest absolute Gasteiger partial charge is 0.276 e. The highest BCUT2D eigenvalue weighted by molar-refractivity contribution is 7.98. The van der Waals surface area contributed by atoms with E-state index in [1.807, 2.05) is 24.3 Å². The summed E-state index contributed by atoms with van der Waals surface area (Å²) in [5.41, 5.74) is 1.08. The van der Waals surface area contributed by atoms with Gasteiger partial charge in [-0.25, -0.2) is 13.1 Å². The van der Waals surface area contributed by atoms with E-state index >= 15 is 0 Å². The number of hydrogen-bond acceptors (Lipinski definition) is 6. The van der Waals surface area contributed by atoms with E-state index in [4.69, 9.17) is 16.0 Å². The molecule has 1 heterocycles. The minimum absolute atomic E-state index is 0.00661. The first-order chi connectivity index (χ1) is 9.42. The van der Waals surface area contributed by atoms with Crippen molar-refractivity contribution in [3.63, 3.8) is 0 Å². The fourth-order valence-corrected chi connectivity index (χ4v) is 2.53. The molecule has 0 saturated heterocycles. The van der Waals surface area contributed by atoms with Gasteiger partial charge in [0.05, 0.1) is 12.8 Å². The van der Waals surface area contributed by atoms with Gasteiger partial charge in [0.1, 0.15) is 0 Å². The molecule has 1 aromatic heterocycles. The van der Waals surface area contributed by atoms with E-state index in [0.29, 0.717) is 16.0 Å². The van der Waals surface area contributed by atoms with Crippen LogP contribution in [0.3, 0.4) is 0 Å². The molecule has 2 rings (SSSR count). The van der Waals surface area contributed by atoms with Gasteiger partial charge < -0.3 is 4.42 Å². The molecular formula is C11H12ClN3O3S2. The normalized spacial score (nSPS) is 11.7. The zero-order valence-corrected chi connectivity index (χ0v) is 12.9. The molecule has 6 nitrogen and oxygen atoms in total. The van der Waals surface area contributed by atoms with Crippen molar-refractivity contribution in [2.45, 2.75) is 17.5 Å². The van der Waals surface area contributed by atoms with Gasteiger partial charge in [-0.2, -0.15) is 0 Å². The Kier molecular flexibility index (Phi) is 5.03. The first kappa shape index (κ1) is 15.3. The molecule has 0 atom stereocenters. The number of aromatic nitrogens is 2. The topological polar surface area (TPSA) is 85.1 Å². The number of benzene rings is 1. The Morgan fingerprint density at radius 1 is 1.30 bits per heavy atom. The summed E-state index contributed by atoms with van der Waals surface area (Å²) in [6.07, 6.45) is 1.07. The highest BCUT2D eigenvalue weighted by atomic mass is 35.5. The maximum Gasteiger partial charge on any atom is 0.276 e. The van der Waals surface area contributed by atoms with E-state index < -0.39 is 10.0 Å². The summed E-state index contributed by atoms with van der Waals surface area (Å²) in [4.78, 5) is 0. The lowest BCUT2D eigenvalue weighted by Gasteiger charge is -1.98. The maximum atomic E-state index is 10.9. The van der Waals surface area contributed by atoms with Crippen LogP contribution in [0.15, 0.2) is 33.9 Å². The molecule has 2 aromatic rings. The van der Waals surface area contributed by atoms with Gasteiger partial charge in [0, 0.05) is 10.8 Å². The third-order valence-corrected chi connectivity index (χ3v) is 4.02. The van der Waals surface area contributed by atoms with Gasteiger partial charge in [0.2, 0.25) is 15.9 Å². The fraction of sp³-hybridized carbons (Fsp3) is 0.273. The van der Waals surface area contributed by atoms with Crippen LogP contribution in [0, 0.1) is 0 Å². The van der Waals surface area contributed by atoms with E-state index in [1.54, 1.807) is 0 Å². The van der Waals surface area contributed by atoms with Gasteiger partial charge in [-0.3, -0.25) is 0 Å². The van der Waals surface area contributed by atoms with Gasteiger partial charge in [0.15, 0.2) is 0 Å². The lowest BCUT2D eigenvalue weighted by atomic mass is 10.2. The number of rotatable bonds is 6. The molecule has 0 fully saturated rings. The Morgan fingerprint density at radius 3 is 2.65 bits per heavy atom. The lowest BCUT2D eigenvalue weighted by Crippen LogP contribution is -2.21. The van der Waals surface area contributed by atoms with Crippen molar-refractivity contribution in [2.75, 3.05) is 6.26 Å². The standard InChI is InChI=1S/C11H12ClN3O3S2/c1-20(16,17)13-6-10-14-15-11(18-10)19-7-8-2-4-9(12)5-3-8/h2-5,13H,6-7H2,1H3. The Labute approximate surface area is 126 Å². The third kappa shape index (κ3) is 5.12. The molecular weight excluding hydrogens is 322 g/mol. The van der Waals surface area contributed by atoms with Crippen LogP contribution < -0.4 is 4.72 Å². The Morgan fingerprint density at radius 2 is 2.00 bits per heavy atom. The highest BCUT2D eigenvalue weighted by Gasteiger charge is 2.09. The number of hydrogen-bond donors (Lipinski definition) is 1. The molecule has 108 valence electrons. The van der Waals surface area contributed by atoms with Crippen molar-refractivity contribution in [3.05, 3.63) is 40.7 Å². The Balaban J connectivity index is 1.88. The zero-order chi connectivity index (χ0) is 14.6. The van der Waals surface area contributed by atoms with Crippen molar-refractivity contribution < 1.29 is 12.8 Å². The monoisotopic (exact) mass is 333 g/mol.